The number of para-hydroxylation sites is 2. The number of imidazole rings is 1. The smallest absolute Gasteiger partial charge is 0.223 e. The molecule has 32 heavy (non-hydrogen) atoms. The monoisotopic (exact) mass is 444 g/mol. The number of thiophene rings is 1. The van der Waals surface area contributed by atoms with Crippen LogP contribution in [-0.4, -0.2) is 28.5 Å². The number of aromatic nitrogens is 2. The topological polar surface area (TPSA) is 50.2 Å². The maximum atomic E-state index is 12.7. The predicted octanol–water partition coefficient (Wildman–Crippen LogP) is 4.99. The highest BCUT2D eigenvalue weighted by Crippen LogP contribution is 2.28. The molecule has 2 aromatic carbocycles. The lowest BCUT2D eigenvalue weighted by atomic mass is 9.96. The van der Waals surface area contributed by atoms with Crippen molar-refractivity contribution in [2.45, 2.75) is 32.9 Å². The van der Waals surface area contributed by atoms with Gasteiger partial charge >= 0.3 is 0 Å². The summed E-state index contributed by atoms with van der Waals surface area (Å²) >= 11 is 1.68. The van der Waals surface area contributed by atoms with E-state index in [2.05, 4.69) is 70.2 Å². The number of fused-ring (bicyclic) bond motifs is 1. The lowest BCUT2D eigenvalue weighted by Crippen LogP contribution is -2.41. The van der Waals surface area contributed by atoms with Crippen molar-refractivity contribution in [2.75, 3.05) is 18.0 Å². The average molecular weight is 445 g/mol. The maximum Gasteiger partial charge on any atom is 0.223 e. The lowest BCUT2D eigenvalue weighted by molar-refractivity contribution is -0.125. The van der Waals surface area contributed by atoms with Crippen LogP contribution >= 0.6 is 11.3 Å². The Morgan fingerprint density at radius 2 is 1.84 bits per heavy atom. The number of amides is 1. The molecular weight excluding hydrogens is 416 g/mol. The summed E-state index contributed by atoms with van der Waals surface area (Å²) < 4.78 is 2.32. The second-order valence-corrected chi connectivity index (χ2v) is 9.56. The lowest BCUT2D eigenvalue weighted by Gasteiger charge is -2.32. The highest BCUT2D eigenvalue weighted by Gasteiger charge is 2.27. The van der Waals surface area contributed by atoms with E-state index in [1.807, 2.05) is 17.5 Å². The first-order valence-electron chi connectivity index (χ1n) is 11.2. The molecule has 0 atom stereocenters. The zero-order valence-corrected chi connectivity index (χ0v) is 19.1. The Bertz CT molecular complexity index is 1190. The molecule has 3 heterocycles. The Labute approximate surface area is 192 Å². The van der Waals surface area contributed by atoms with Gasteiger partial charge in [0, 0.05) is 23.9 Å². The molecule has 4 aromatic rings. The van der Waals surface area contributed by atoms with E-state index in [0.717, 1.165) is 49.5 Å². The van der Waals surface area contributed by atoms with Crippen LogP contribution < -0.4 is 10.2 Å². The van der Waals surface area contributed by atoms with E-state index in [1.54, 1.807) is 11.3 Å². The number of hydrogen-bond donors (Lipinski definition) is 1. The second kappa shape index (κ2) is 9.17. The summed E-state index contributed by atoms with van der Waals surface area (Å²) in [4.78, 5) is 21.2. The fourth-order valence-electron chi connectivity index (χ4n) is 4.41. The fourth-order valence-corrected chi connectivity index (χ4v) is 5.05. The normalized spacial score (nSPS) is 14.7. The minimum Gasteiger partial charge on any atom is -0.351 e. The summed E-state index contributed by atoms with van der Waals surface area (Å²) in [7, 11) is 0. The van der Waals surface area contributed by atoms with Gasteiger partial charge in [-0.2, -0.15) is 0 Å². The largest absolute Gasteiger partial charge is 0.351 e. The molecule has 1 N–H and O–H groups in total. The van der Waals surface area contributed by atoms with Crippen LogP contribution in [0.25, 0.3) is 11.0 Å². The third-order valence-electron chi connectivity index (χ3n) is 6.26. The number of carbonyl (C=O) groups excluding carboxylic acids is 1. The van der Waals surface area contributed by atoms with Gasteiger partial charge in [0.2, 0.25) is 11.9 Å². The molecule has 0 bridgehead atoms. The van der Waals surface area contributed by atoms with E-state index in [4.69, 9.17) is 4.98 Å². The van der Waals surface area contributed by atoms with Crippen molar-refractivity contribution in [2.24, 2.45) is 5.92 Å². The van der Waals surface area contributed by atoms with Crippen LogP contribution in [0.2, 0.25) is 0 Å². The van der Waals surface area contributed by atoms with E-state index in [9.17, 15) is 4.79 Å². The molecule has 0 saturated carbocycles. The molecule has 1 fully saturated rings. The maximum absolute atomic E-state index is 12.7. The molecule has 0 unspecified atom stereocenters. The molecule has 2 aromatic heterocycles. The summed E-state index contributed by atoms with van der Waals surface area (Å²) in [5.41, 5.74) is 4.70. The summed E-state index contributed by atoms with van der Waals surface area (Å²) in [6, 6.07) is 21.1. The first-order valence-corrected chi connectivity index (χ1v) is 12.1. The third kappa shape index (κ3) is 4.41. The van der Waals surface area contributed by atoms with Crippen molar-refractivity contribution in [3.63, 3.8) is 0 Å². The third-order valence-corrected chi connectivity index (χ3v) is 7.14. The van der Waals surface area contributed by atoms with Crippen LogP contribution in [0.4, 0.5) is 5.95 Å². The average Bonchev–Trinajstić information content (AvgIpc) is 3.47. The number of anilines is 1. The van der Waals surface area contributed by atoms with Crippen LogP contribution in [0.5, 0.6) is 0 Å². The molecule has 0 spiro atoms. The second-order valence-electron chi connectivity index (χ2n) is 8.53. The van der Waals surface area contributed by atoms with Gasteiger partial charge in [-0.05, 0) is 48.9 Å². The van der Waals surface area contributed by atoms with Crippen LogP contribution in [0.1, 0.15) is 28.8 Å². The summed E-state index contributed by atoms with van der Waals surface area (Å²) in [5, 5.41) is 5.16. The van der Waals surface area contributed by atoms with E-state index < -0.39 is 0 Å². The number of nitrogens with one attached hydrogen (secondary N) is 1. The van der Waals surface area contributed by atoms with Gasteiger partial charge in [-0.3, -0.25) is 4.79 Å². The Balaban J connectivity index is 1.30. The number of benzene rings is 2. The van der Waals surface area contributed by atoms with Crippen molar-refractivity contribution in [1.82, 2.24) is 14.9 Å². The molecule has 6 heteroatoms. The fraction of sp³-hybridized carbons (Fsp3) is 0.308. The Kier molecular flexibility index (Phi) is 5.95. The van der Waals surface area contributed by atoms with Crippen molar-refractivity contribution in [3.05, 3.63) is 82.0 Å². The highest BCUT2D eigenvalue weighted by atomic mass is 32.1. The zero-order chi connectivity index (χ0) is 21.9. The van der Waals surface area contributed by atoms with Crippen molar-refractivity contribution < 1.29 is 4.79 Å². The van der Waals surface area contributed by atoms with Gasteiger partial charge in [-0.25, -0.2) is 4.98 Å². The van der Waals surface area contributed by atoms with Gasteiger partial charge in [-0.1, -0.05) is 48.0 Å². The van der Waals surface area contributed by atoms with Crippen molar-refractivity contribution in [3.8, 4) is 0 Å². The van der Waals surface area contributed by atoms with Gasteiger partial charge in [0.25, 0.3) is 0 Å². The minimum atomic E-state index is 0.0705. The standard InChI is InChI=1S/C26H28N4OS/c1-19-8-10-20(11-9-19)18-30-24-7-3-2-6-23(24)28-26(30)29-14-12-21(13-15-29)25(31)27-17-22-5-4-16-32-22/h2-11,16,21H,12-15,17-18H2,1H3,(H,27,31). The van der Waals surface area contributed by atoms with E-state index in [-0.39, 0.29) is 11.8 Å². The molecule has 164 valence electrons. The summed E-state index contributed by atoms with van der Waals surface area (Å²) in [6.07, 6.45) is 1.70. The predicted molar refractivity (Wildman–Crippen MR) is 131 cm³/mol. The van der Waals surface area contributed by atoms with Crippen LogP contribution in [0.3, 0.4) is 0 Å². The Hall–Kier alpha value is -3.12. The summed E-state index contributed by atoms with van der Waals surface area (Å²) in [6.45, 7) is 5.21. The van der Waals surface area contributed by atoms with E-state index >= 15 is 0 Å². The van der Waals surface area contributed by atoms with Crippen LogP contribution in [0.15, 0.2) is 66.0 Å². The van der Waals surface area contributed by atoms with Gasteiger partial charge < -0.3 is 14.8 Å². The number of rotatable bonds is 6. The Morgan fingerprint density at radius 1 is 1.06 bits per heavy atom. The van der Waals surface area contributed by atoms with Crippen LogP contribution in [-0.2, 0) is 17.9 Å². The molecule has 1 aliphatic rings. The minimum absolute atomic E-state index is 0.0705. The highest BCUT2D eigenvalue weighted by molar-refractivity contribution is 7.09. The van der Waals surface area contributed by atoms with Gasteiger partial charge in [0.05, 0.1) is 24.1 Å². The molecule has 1 saturated heterocycles. The number of hydrogen-bond acceptors (Lipinski definition) is 4. The van der Waals surface area contributed by atoms with E-state index in [1.165, 1.54) is 16.0 Å². The number of nitrogens with zero attached hydrogens (tertiary/aromatic N) is 3. The molecular formula is C26H28N4OS. The summed E-state index contributed by atoms with van der Waals surface area (Å²) in [5.74, 6) is 1.25. The zero-order valence-electron chi connectivity index (χ0n) is 18.3. The first kappa shape index (κ1) is 20.8. The van der Waals surface area contributed by atoms with Crippen LogP contribution in [0, 0.1) is 12.8 Å². The van der Waals surface area contributed by atoms with Crippen molar-refractivity contribution >= 4 is 34.2 Å². The van der Waals surface area contributed by atoms with Gasteiger partial charge in [0.1, 0.15) is 0 Å². The number of aryl methyl sites for hydroxylation is 1. The molecule has 0 radical (unpaired) electrons. The molecule has 5 rings (SSSR count). The Morgan fingerprint density at radius 3 is 2.59 bits per heavy atom. The molecule has 1 amide bonds. The SMILES string of the molecule is Cc1ccc(Cn2c(N3CCC(C(=O)NCc4cccs4)CC3)nc3ccccc32)cc1. The molecule has 1 aliphatic heterocycles. The molecule has 0 aliphatic carbocycles. The van der Waals surface area contributed by atoms with Gasteiger partial charge in [-0.15, -0.1) is 11.3 Å². The van der Waals surface area contributed by atoms with Gasteiger partial charge in [0.15, 0.2) is 0 Å². The van der Waals surface area contributed by atoms with Crippen molar-refractivity contribution in [1.29, 1.82) is 0 Å². The number of carbonyl (C=O) groups is 1. The van der Waals surface area contributed by atoms with E-state index in [0.29, 0.717) is 6.54 Å². The first-order chi connectivity index (χ1) is 15.7. The molecule has 5 nitrogen and oxygen atoms in total. The number of piperidine rings is 1. The quantitative estimate of drug-likeness (QED) is 0.456.